The number of methoxy groups -OCH3 is 1. The maximum Gasteiger partial charge on any atom is 0.160 e. The van der Waals surface area contributed by atoms with Crippen molar-refractivity contribution in [3.63, 3.8) is 0 Å². The zero-order valence-electron chi connectivity index (χ0n) is 12.6. The van der Waals surface area contributed by atoms with E-state index in [9.17, 15) is 0 Å². The smallest absolute Gasteiger partial charge is 0.160 e. The fourth-order valence-electron chi connectivity index (χ4n) is 2.55. The predicted molar refractivity (Wildman–Crippen MR) is 77.7 cm³/mol. The summed E-state index contributed by atoms with van der Waals surface area (Å²) in [6.07, 6.45) is 6.46. The summed E-state index contributed by atoms with van der Waals surface area (Å²) in [4.78, 5) is 8.87. The first-order valence-electron chi connectivity index (χ1n) is 7.39. The van der Waals surface area contributed by atoms with E-state index >= 15 is 0 Å². The Hall–Kier alpha value is -1.20. The van der Waals surface area contributed by atoms with Crippen LogP contribution in [0.15, 0.2) is 6.20 Å². The highest BCUT2D eigenvalue weighted by Gasteiger charge is 2.24. The van der Waals surface area contributed by atoms with E-state index in [1.54, 1.807) is 13.3 Å². The average Bonchev–Trinajstić information content (AvgIpc) is 2.47. The number of hydrogen-bond donors (Lipinski definition) is 1. The van der Waals surface area contributed by atoms with Gasteiger partial charge in [-0.2, -0.15) is 0 Å². The van der Waals surface area contributed by atoms with Gasteiger partial charge in [0.05, 0.1) is 18.0 Å². The minimum atomic E-state index is 0.174. The molecule has 1 heterocycles. The van der Waals surface area contributed by atoms with Gasteiger partial charge < -0.3 is 15.2 Å². The summed E-state index contributed by atoms with van der Waals surface area (Å²) in [6, 6.07) is 0. The topological polar surface area (TPSA) is 70.3 Å². The van der Waals surface area contributed by atoms with Gasteiger partial charge in [0.1, 0.15) is 11.9 Å². The van der Waals surface area contributed by atoms with Gasteiger partial charge in [0, 0.05) is 26.0 Å². The monoisotopic (exact) mass is 279 g/mol. The van der Waals surface area contributed by atoms with Crippen LogP contribution in [0.4, 0.5) is 0 Å². The van der Waals surface area contributed by atoms with E-state index in [1.807, 2.05) is 0 Å². The van der Waals surface area contributed by atoms with Crippen LogP contribution in [0.2, 0.25) is 0 Å². The van der Waals surface area contributed by atoms with Gasteiger partial charge in [0.2, 0.25) is 0 Å². The van der Waals surface area contributed by atoms with Crippen LogP contribution in [0.3, 0.4) is 0 Å². The Morgan fingerprint density at radius 2 is 2.10 bits per heavy atom. The first kappa shape index (κ1) is 15.2. The number of aromatic nitrogens is 2. The lowest BCUT2D eigenvalue weighted by Gasteiger charge is -2.29. The van der Waals surface area contributed by atoms with Crippen molar-refractivity contribution in [3.05, 3.63) is 17.7 Å². The standard InChI is InChI=1S/C15H25N3O2/c1-10(2)15-17-9-14(13(8-16)18-15)20-12-6-4-5-11(7-12)19-3/h9-12H,4-8,16H2,1-3H3. The summed E-state index contributed by atoms with van der Waals surface area (Å²) in [5.41, 5.74) is 6.58. The highest BCUT2D eigenvalue weighted by Crippen LogP contribution is 2.26. The molecule has 0 spiro atoms. The third-order valence-electron chi connectivity index (χ3n) is 3.76. The number of nitrogens with two attached hydrogens (primary N) is 1. The van der Waals surface area contributed by atoms with Crippen LogP contribution in [0.25, 0.3) is 0 Å². The SMILES string of the molecule is COC1CCCC(Oc2cnc(C(C)C)nc2CN)C1. The highest BCUT2D eigenvalue weighted by molar-refractivity contribution is 5.25. The van der Waals surface area contributed by atoms with E-state index in [1.165, 1.54) is 0 Å². The third kappa shape index (κ3) is 3.67. The summed E-state index contributed by atoms with van der Waals surface area (Å²) < 4.78 is 11.5. The van der Waals surface area contributed by atoms with Crippen LogP contribution < -0.4 is 10.5 Å². The van der Waals surface area contributed by atoms with Crippen LogP contribution in [-0.2, 0) is 11.3 Å². The fourth-order valence-corrected chi connectivity index (χ4v) is 2.55. The Morgan fingerprint density at radius 3 is 2.75 bits per heavy atom. The van der Waals surface area contributed by atoms with Crippen molar-refractivity contribution in [2.24, 2.45) is 5.73 Å². The molecule has 1 aliphatic rings. The normalized spacial score (nSPS) is 23.1. The molecule has 5 nitrogen and oxygen atoms in total. The Kier molecular flexibility index (Phi) is 5.31. The minimum Gasteiger partial charge on any atom is -0.487 e. The molecule has 1 aliphatic carbocycles. The number of ether oxygens (including phenoxy) is 2. The molecule has 2 N–H and O–H groups in total. The summed E-state index contributed by atoms with van der Waals surface area (Å²) in [7, 11) is 1.76. The summed E-state index contributed by atoms with van der Waals surface area (Å²) in [6.45, 7) is 4.51. The van der Waals surface area contributed by atoms with Crippen LogP contribution in [-0.4, -0.2) is 29.3 Å². The van der Waals surface area contributed by atoms with Crippen molar-refractivity contribution in [1.82, 2.24) is 9.97 Å². The Bertz CT molecular complexity index is 437. The third-order valence-corrected chi connectivity index (χ3v) is 3.76. The Balaban J connectivity index is 2.08. The molecule has 0 aromatic carbocycles. The molecule has 2 unspecified atom stereocenters. The van der Waals surface area contributed by atoms with Crippen molar-refractivity contribution in [1.29, 1.82) is 0 Å². The molecule has 0 radical (unpaired) electrons. The second-order valence-electron chi connectivity index (χ2n) is 5.66. The first-order valence-corrected chi connectivity index (χ1v) is 7.39. The second kappa shape index (κ2) is 6.99. The van der Waals surface area contributed by atoms with Gasteiger partial charge in [-0.25, -0.2) is 9.97 Å². The van der Waals surface area contributed by atoms with Gasteiger partial charge in [0.25, 0.3) is 0 Å². The fraction of sp³-hybridized carbons (Fsp3) is 0.733. The molecule has 1 saturated carbocycles. The largest absolute Gasteiger partial charge is 0.487 e. The summed E-state index contributed by atoms with van der Waals surface area (Å²) in [5.74, 6) is 1.83. The van der Waals surface area contributed by atoms with Crippen molar-refractivity contribution in [3.8, 4) is 5.75 Å². The first-order chi connectivity index (χ1) is 9.63. The summed E-state index contributed by atoms with van der Waals surface area (Å²) in [5, 5.41) is 0. The van der Waals surface area contributed by atoms with E-state index in [4.69, 9.17) is 15.2 Å². The average molecular weight is 279 g/mol. The van der Waals surface area contributed by atoms with E-state index in [0.717, 1.165) is 43.0 Å². The van der Waals surface area contributed by atoms with Crippen molar-refractivity contribution in [2.45, 2.75) is 64.2 Å². The molecule has 5 heteroatoms. The Morgan fingerprint density at radius 1 is 1.35 bits per heavy atom. The quantitative estimate of drug-likeness (QED) is 0.896. The Labute approximate surface area is 120 Å². The van der Waals surface area contributed by atoms with Gasteiger partial charge in [-0.1, -0.05) is 13.8 Å². The van der Waals surface area contributed by atoms with Crippen molar-refractivity contribution >= 4 is 0 Å². The van der Waals surface area contributed by atoms with Gasteiger partial charge >= 0.3 is 0 Å². The lowest BCUT2D eigenvalue weighted by atomic mass is 9.95. The van der Waals surface area contributed by atoms with Crippen molar-refractivity contribution < 1.29 is 9.47 Å². The van der Waals surface area contributed by atoms with Crippen LogP contribution >= 0.6 is 0 Å². The van der Waals surface area contributed by atoms with E-state index < -0.39 is 0 Å². The molecule has 112 valence electrons. The summed E-state index contributed by atoms with van der Waals surface area (Å²) >= 11 is 0. The van der Waals surface area contributed by atoms with Crippen LogP contribution in [0, 0.1) is 0 Å². The van der Waals surface area contributed by atoms with Crippen LogP contribution in [0.5, 0.6) is 5.75 Å². The molecule has 1 aromatic heterocycles. The molecule has 0 bridgehead atoms. The lowest BCUT2D eigenvalue weighted by Crippen LogP contribution is -2.30. The molecule has 20 heavy (non-hydrogen) atoms. The van der Waals surface area contributed by atoms with Gasteiger partial charge in [-0.15, -0.1) is 0 Å². The van der Waals surface area contributed by atoms with Gasteiger partial charge in [-0.3, -0.25) is 0 Å². The second-order valence-corrected chi connectivity index (χ2v) is 5.66. The van der Waals surface area contributed by atoms with E-state index in [-0.39, 0.29) is 6.10 Å². The molecule has 2 atom stereocenters. The zero-order chi connectivity index (χ0) is 14.5. The molecule has 2 rings (SSSR count). The zero-order valence-corrected chi connectivity index (χ0v) is 12.6. The molecule has 1 aromatic rings. The molecule has 1 fully saturated rings. The molecule has 0 saturated heterocycles. The highest BCUT2D eigenvalue weighted by atomic mass is 16.5. The molecular formula is C15H25N3O2. The molecule has 0 aliphatic heterocycles. The number of rotatable bonds is 5. The minimum absolute atomic E-state index is 0.174. The van der Waals surface area contributed by atoms with E-state index in [2.05, 4.69) is 23.8 Å². The van der Waals surface area contributed by atoms with E-state index in [0.29, 0.717) is 18.6 Å². The lowest BCUT2D eigenvalue weighted by molar-refractivity contribution is 0.0204. The maximum absolute atomic E-state index is 6.06. The predicted octanol–water partition coefficient (Wildman–Crippen LogP) is 2.40. The molecule has 0 amide bonds. The number of hydrogen-bond acceptors (Lipinski definition) is 5. The maximum atomic E-state index is 6.06. The van der Waals surface area contributed by atoms with Gasteiger partial charge in [-0.05, 0) is 19.3 Å². The van der Waals surface area contributed by atoms with Crippen molar-refractivity contribution in [2.75, 3.05) is 7.11 Å². The van der Waals surface area contributed by atoms with Gasteiger partial charge in [0.15, 0.2) is 5.75 Å². The molecular weight excluding hydrogens is 254 g/mol. The number of nitrogens with zero attached hydrogens (tertiary/aromatic N) is 2. The van der Waals surface area contributed by atoms with Crippen LogP contribution in [0.1, 0.15) is 57.0 Å².